The van der Waals surface area contributed by atoms with Crippen molar-refractivity contribution < 1.29 is 41.2 Å². The summed E-state index contributed by atoms with van der Waals surface area (Å²) in [7, 11) is 0. The van der Waals surface area contributed by atoms with Gasteiger partial charge >= 0.3 is 41.2 Å². The van der Waals surface area contributed by atoms with Crippen molar-refractivity contribution in [2.75, 3.05) is 0 Å². The molecule has 7 heteroatoms. The number of pyridine rings is 3. The van der Waals surface area contributed by atoms with Crippen molar-refractivity contribution in [3.05, 3.63) is 285 Å². The van der Waals surface area contributed by atoms with Crippen LogP contribution in [-0.2, 0) is 46.6 Å². The molecule has 0 spiro atoms. The number of rotatable bonds is 12. The third-order valence-electron chi connectivity index (χ3n) is 14.9. The SMILES string of the molecule is [Ir+3].[Pt+2].[c-]1cc(-c2ccccc2-c2cc(-c3ccccc3-c3c[c-]c(-c4ccccn4)cc3)cc(-c3ccccc3-c3c[c-]c(-c4ccccn4)cc3)c2)c(C2(c3[c-]c(-c4ccccn4)ccc3)CCCC2)[c-]c1-c1ncccn1. The Hall–Kier alpha value is -8.37. The van der Waals surface area contributed by atoms with E-state index >= 15 is 0 Å². The van der Waals surface area contributed by atoms with Gasteiger partial charge in [0.05, 0.1) is 0 Å². The molecule has 0 radical (unpaired) electrons. The maximum atomic E-state index is 4.74. The molecule has 13 rings (SSSR count). The zero-order valence-corrected chi connectivity index (χ0v) is 47.5. The normalized spacial score (nSPS) is 12.5. The Kier molecular flexibility index (Phi) is 15.8. The van der Waals surface area contributed by atoms with Gasteiger partial charge in [-0.25, -0.2) is 17.2 Å². The third-order valence-corrected chi connectivity index (χ3v) is 14.9. The fourth-order valence-electron chi connectivity index (χ4n) is 11.2. The Bertz CT molecular complexity index is 3870. The van der Waals surface area contributed by atoms with E-state index in [0.29, 0.717) is 5.82 Å². The van der Waals surface area contributed by atoms with Crippen molar-refractivity contribution in [1.82, 2.24) is 24.9 Å². The smallest absolute Gasteiger partial charge is 0.333 e. The second-order valence-electron chi connectivity index (χ2n) is 19.5. The first-order valence-corrected chi connectivity index (χ1v) is 26.2. The second kappa shape index (κ2) is 23.7. The summed E-state index contributed by atoms with van der Waals surface area (Å²) in [4.78, 5) is 23.4. The molecule has 12 aromatic rings. The Morgan fingerprint density at radius 1 is 0.342 bits per heavy atom. The molecule has 1 saturated carbocycles. The molecule has 5 nitrogen and oxygen atoms in total. The summed E-state index contributed by atoms with van der Waals surface area (Å²) in [5, 5.41) is 0. The summed E-state index contributed by atoms with van der Waals surface area (Å²) in [6, 6.07) is 93.2. The van der Waals surface area contributed by atoms with Crippen LogP contribution in [0.4, 0.5) is 0 Å². The number of benzene rings is 8. The first kappa shape index (κ1) is 52.7. The van der Waals surface area contributed by atoms with Gasteiger partial charge in [0.25, 0.3) is 0 Å². The van der Waals surface area contributed by atoms with Gasteiger partial charge in [0, 0.05) is 31.0 Å². The van der Waals surface area contributed by atoms with Crippen LogP contribution < -0.4 is 0 Å². The predicted octanol–water partition coefficient (Wildman–Crippen LogP) is 17.2. The molecule has 1 aliphatic carbocycles. The quantitative estimate of drug-likeness (QED) is 0.114. The maximum absolute atomic E-state index is 4.74. The molecule has 0 aliphatic heterocycles. The van der Waals surface area contributed by atoms with E-state index in [0.717, 1.165) is 143 Å². The molecule has 0 N–H and O–H groups in total. The standard InChI is InChI=1S/C72H48N5.Ir.Pt/c1-3-21-62(60(19-1)50-28-32-52(33-29-50)68-25-7-12-40-73-68)56-45-57(63-22-4-2-20-61(63)51-30-34-53(35-31-51)69-26-8-13-41-74-69)47-58(46-56)64-23-5-6-24-65(64)66-37-36-55(71-76-43-16-44-77-71)49-67(66)72(38-10-11-39-72)59-18-15-17-54(48-59)70-27-9-14-42-75-70;;/h1-9,12-32,34,37,40-47H,10-11,38-39H2;;/q-5;+3;+2. The van der Waals surface area contributed by atoms with Crippen molar-refractivity contribution in [3.8, 4) is 112 Å². The number of hydrogen-bond acceptors (Lipinski definition) is 5. The molecule has 8 aromatic carbocycles. The Morgan fingerprint density at radius 3 is 1.25 bits per heavy atom. The number of aromatic nitrogens is 5. The fourth-order valence-corrected chi connectivity index (χ4v) is 11.2. The van der Waals surface area contributed by atoms with E-state index in [1.54, 1.807) is 12.4 Å². The van der Waals surface area contributed by atoms with Crippen LogP contribution in [0.5, 0.6) is 0 Å². The zero-order chi connectivity index (χ0) is 51.4. The van der Waals surface area contributed by atoms with Gasteiger partial charge in [-0.3, -0.25) is 12.1 Å². The van der Waals surface area contributed by atoms with Gasteiger partial charge in [-0.1, -0.05) is 150 Å². The van der Waals surface area contributed by atoms with Crippen molar-refractivity contribution in [1.29, 1.82) is 0 Å². The van der Waals surface area contributed by atoms with Crippen LogP contribution >= 0.6 is 0 Å². The molecule has 79 heavy (non-hydrogen) atoms. The van der Waals surface area contributed by atoms with Crippen LogP contribution in [-0.4, -0.2) is 24.9 Å². The largest absolute Gasteiger partial charge is 3.00 e. The van der Waals surface area contributed by atoms with Crippen molar-refractivity contribution in [3.63, 3.8) is 0 Å². The molecule has 0 saturated heterocycles. The molecule has 0 atom stereocenters. The minimum Gasteiger partial charge on any atom is -0.333 e. The van der Waals surface area contributed by atoms with Gasteiger partial charge in [0.1, 0.15) is 0 Å². The van der Waals surface area contributed by atoms with E-state index in [4.69, 9.17) is 15.0 Å². The second-order valence-corrected chi connectivity index (χ2v) is 19.5. The van der Waals surface area contributed by atoms with E-state index in [1.807, 2.05) is 73.2 Å². The van der Waals surface area contributed by atoms with Gasteiger partial charge in [-0.05, 0) is 117 Å². The summed E-state index contributed by atoms with van der Waals surface area (Å²) in [5.41, 5.74) is 21.2. The minimum atomic E-state index is -0.414. The first-order valence-electron chi connectivity index (χ1n) is 26.2. The van der Waals surface area contributed by atoms with Crippen molar-refractivity contribution in [2.24, 2.45) is 0 Å². The van der Waals surface area contributed by atoms with E-state index in [2.05, 4.69) is 198 Å². The zero-order valence-electron chi connectivity index (χ0n) is 42.8. The van der Waals surface area contributed by atoms with Crippen LogP contribution in [0.2, 0.25) is 0 Å². The van der Waals surface area contributed by atoms with Crippen molar-refractivity contribution >= 4 is 0 Å². The molecule has 1 aliphatic rings. The predicted molar refractivity (Wildman–Crippen MR) is 310 cm³/mol. The summed E-state index contributed by atoms with van der Waals surface area (Å²) < 4.78 is 0. The van der Waals surface area contributed by atoms with Gasteiger partial charge in [-0.2, -0.15) is 5.56 Å². The monoisotopic (exact) mass is 1370 g/mol. The fraction of sp³-hybridized carbons (Fsp3) is 0.0694. The average Bonchev–Trinajstić information content (AvgIpc) is 4.27. The molecule has 4 aromatic heterocycles. The Morgan fingerprint density at radius 2 is 0.785 bits per heavy atom. The average molecular weight is 1370 g/mol. The molecule has 4 heterocycles. The Balaban J connectivity index is 0.00000330. The van der Waals surface area contributed by atoms with Gasteiger partial charge in [-0.15, -0.1) is 95.1 Å². The van der Waals surface area contributed by atoms with E-state index in [-0.39, 0.29) is 41.2 Å². The summed E-state index contributed by atoms with van der Waals surface area (Å²) in [6.07, 6.45) is 13.1. The van der Waals surface area contributed by atoms with Crippen molar-refractivity contribution in [2.45, 2.75) is 31.1 Å². The molecule has 380 valence electrons. The topological polar surface area (TPSA) is 64.5 Å². The third kappa shape index (κ3) is 10.7. The van der Waals surface area contributed by atoms with Gasteiger partial charge in [0.15, 0.2) is 0 Å². The van der Waals surface area contributed by atoms with Crippen LogP contribution in [0.3, 0.4) is 0 Å². The number of nitrogens with zero attached hydrogens (tertiary/aromatic N) is 5. The Labute approximate surface area is 490 Å². The van der Waals surface area contributed by atoms with E-state index in [9.17, 15) is 0 Å². The van der Waals surface area contributed by atoms with E-state index in [1.165, 1.54) is 0 Å². The molecular weight excluding hydrogens is 1320 g/mol. The summed E-state index contributed by atoms with van der Waals surface area (Å²) >= 11 is 0. The van der Waals surface area contributed by atoms with Crippen LogP contribution in [0, 0.1) is 30.3 Å². The molecule has 0 amide bonds. The van der Waals surface area contributed by atoms with Crippen LogP contribution in [0.15, 0.2) is 243 Å². The van der Waals surface area contributed by atoms with E-state index < -0.39 is 5.41 Å². The van der Waals surface area contributed by atoms with Gasteiger partial charge < -0.3 is 24.9 Å². The molecular formula is C72H48IrN5Pt. The van der Waals surface area contributed by atoms with Gasteiger partial charge in [0.2, 0.25) is 0 Å². The van der Waals surface area contributed by atoms with Crippen LogP contribution in [0.25, 0.3) is 112 Å². The maximum Gasteiger partial charge on any atom is 3.00 e. The molecule has 1 fully saturated rings. The molecule has 0 unspecified atom stereocenters. The summed E-state index contributed by atoms with van der Waals surface area (Å²) in [5.74, 6) is 0.593. The molecule has 0 bridgehead atoms. The number of hydrogen-bond donors (Lipinski definition) is 0. The summed E-state index contributed by atoms with van der Waals surface area (Å²) in [6.45, 7) is 0. The van der Waals surface area contributed by atoms with Crippen LogP contribution in [0.1, 0.15) is 36.8 Å². The minimum absolute atomic E-state index is 0. The first-order chi connectivity index (χ1) is 38.1.